The molecular weight excluding hydrogens is 304 g/mol. The van der Waals surface area contributed by atoms with Crippen LogP contribution in [0.5, 0.6) is 0 Å². The number of hydrogen-bond donors (Lipinski definition) is 3. The molecule has 0 aromatic carbocycles. The van der Waals surface area contributed by atoms with Crippen molar-refractivity contribution < 1.29 is 49.0 Å². The minimum Gasteiger partial charge on any atom is -0.478 e. The monoisotopic (exact) mass is 318 g/mol. The van der Waals surface area contributed by atoms with E-state index in [0.717, 1.165) is 0 Å². The van der Waals surface area contributed by atoms with E-state index in [2.05, 4.69) is 14.5 Å². The highest BCUT2D eigenvalue weighted by atomic mass is 17.2. The zero-order valence-electron chi connectivity index (χ0n) is 11.2. The third kappa shape index (κ3) is 11.1. The summed E-state index contributed by atoms with van der Waals surface area (Å²) in [7, 11) is 0. The Kier molecular flexibility index (Phi) is 9.64. The molecule has 1 unspecified atom stereocenters. The van der Waals surface area contributed by atoms with Gasteiger partial charge in [0.2, 0.25) is 6.29 Å². The van der Waals surface area contributed by atoms with Gasteiger partial charge >= 0.3 is 23.9 Å². The number of esters is 1. The van der Waals surface area contributed by atoms with Gasteiger partial charge in [-0.1, -0.05) is 0 Å². The van der Waals surface area contributed by atoms with Crippen molar-refractivity contribution in [1.29, 1.82) is 0 Å². The molecule has 122 valence electrons. The number of carbonyl (C=O) groups is 4. The van der Waals surface area contributed by atoms with Crippen LogP contribution in [0.2, 0.25) is 0 Å². The smallest absolute Gasteiger partial charge is 0.366 e. The lowest BCUT2D eigenvalue weighted by atomic mass is 10.3. The summed E-state index contributed by atoms with van der Waals surface area (Å²) in [6.07, 6.45) is 0.937. The summed E-state index contributed by atoms with van der Waals surface area (Å²) in [4.78, 5) is 51.3. The van der Waals surface area contributed by atoms with Gasteiger partial charge in [0.05, 0.1) is 0 Å². The predicted molar refractivity (Wildman–Crippen MR) is 66.9 cm³/mol. The number of aliphatic hydroxyl groups is 1. The first kappa shape index (κ1) is 19.3. The minimum absolute atomic E-state index is 0.0426. The van der Waals surface area contributed by atoms with Crippen LogP contribution in [0.1, 0.15) is 12.8 Å². The fraction of sp³-hybridized carbons (Fsp3) is 0.333. The van der Waals surface area contributed by atoms with Crippen molar-refractivity contribution in [2.45, 2.75) is 19.1 Å². The Morgan fingerprint density at radius 1 is 0.909 bits per heavy atom. The Labute approximate surface area is 124 Å². The summed E-state index contributed by atoms with van der Waals surface area (Å²) in [5.74, 6) is -4.97. The summed E-state index contributed by atoms with van der Waals surface area (Å²) >= 11 is 0. The molecule has 0 aromatic rings. The average molecular weight is 318 g/mol. The molecule has 0 bridgehead atoms. The third-order valence-electron chi connectivity index (χ3n) is 1.81. The van der Waals surface area contributed by atoms with E-state index in [1.807, 2.05) is 0 Å². The van der Waals surface area contributed by atoms with Gasteiger partial charge in [0.15, 0.2) is 0 Å². The van der Waals surface area contributed by atoms with Gasteiger partial charge < -0.3 is 20.1 Å². The van der Waals surface area contributed by atoms with Gasteiger partial charge in [0.1, 0.15) is 0 Å². The first-order chi connectivity index (χ1) is 10.3. The second-order valence-corrected chi connectivity index (χ2v) is 3.57. The van der Waals surface area contributed by atoms with E-state index >= 15 is 0 Å². The molecule has 3 N–H and O–H groups in total. The van der Waals surface area contributed by atoms with Gasteiger partial charge in [-0.05, 0) is 6.42 Å². The van der Waals surface area contributed by atoms with Crippen LogP contribution in [0.25, 0.3) is 0 Å². The summed E-state index contributed by atoms with van der Waals surface area (Å²) in [6.45, 7) is -0.255. The fourth-order valence-electron chi connectivity index (χ4n) is 0.961. The van der Waals surface area contributed by atoms with Crippen molar-refractivity contribution in [3.8, 4) is 0 Å². The summed E-state index contributed by atoms with van der Waals surface area (Å²) < 4.78 is 4.64. The zero-order valence-corrected chi connectivity index (χ0v) is 11.2. The van der Waals surface area contributed by atoms with Gasteiger partial charge in [-0.3, -0.25) is 4.89 Å². The van der Waals surface area contributed by atoms with Crippen molar-refractivity contribution in [2.24, 2.45) is 0 Å². The van der Waals surface area contributed by atoms with Gasteiger partial charge in [-0.25, -0.2) is 19.2 Å². The normalized spacial score (nSPS) is 12.2. The van der Waals surface area contributed by atoms with Gasteiger partial charge in [0, 0.05) is 37.3 Å². The van der Waals surface area contributed by atoms with Crippen molar-refractivity contribution in [3.05, 3.63) is 24.3 Å². The highest BCUT2D eigenvalue weighted by Gasteiger charge is 2.16. The zero-order chi connectivity index (χ0) is 17.0. The van der Waals surface area contributed by atoms with Crippen LogP contribution in [-0.4, -0.2) is 52.1 Å². The number of rotatable bonds is 10. The van der Waals surface area contributed by atoms with E-state index in [-0.39, 0.29) is 19.4 Å². The average Bonchev–Trinajstić information content (AvgIpc) is 2.45. The molecule has 0 amide bonds. The standard InChI is InChI=1S/C12H14O10/c13-7-1-2-12(20-10(18)5-3-8(14)15)22-21-11(19)6-4-9(16)17/h3-6,12-13H,1-2,7H2,(H,14,15)(H,16,17)/b5-3-,6-4-. The molecule has 0 rings (SSSR count). The van der Waals surface area contributed by atoms with Crippen molar-refractivity contribution in [1.82, 2.24) is 0 Å². The van der Waals surface area contributed by atoms with Gasteiger partial charge in [0.25, 0.3) is 0 Å². The van der Waals surface area contributed by atoms with E-state index in [1.54, 1.807) is 0 Å². The maximum Gasteiger partial charge on any atom is 0.366 e. The van der Waals surface area contributed by atoms with E-state index in [1.165, 1.54) is 0 Å². The van der Waals surface area contributed by atoms with Crippen LogP contribution in [0.3, 0.4) is 0 Å². The van der Waals surface area contributed by atoms with Crippen molar-refractivity contribution >= 4 is 23.9 Å². The molecule has 0 heterocycles. The van der Waals surface area contributed by atoms with Crippen LogP contribution in [0, 0.1) is 0 Å². The quantitative estimate of drug-likeness (QED) is 0.156. The van der Waals surface area contributed by atoms with E-state index < -0.39 is 30.2 Å². The maximum atomic E-state index is 11.2. The Hall–Kier alpha value is -2.72. The van der Waals surface area contributed by atoms with E-state index in [9.17, 15) is 19.2 Å². The number of carboxylic acid groups (broad SMARTS) is 2. The van der Waals surface area contributed by atoms with Crippen LogP contribution in [0.15, 0.2) is 24.3 Å². The molecule has 0 saturated carbocycles. The number of carbonyl (C=O) groups excluding carboxylic acids is 2. The lowest BCUT2D eigenvalue weighted by Gasteiger charge is -2.14. The second kappa shape index (κ2) is 11.0. The van der Waals surface area contributed by atoms with Crippen LogP contribution in [0.4, 0.5) is 0 Å². The van der Waals surface area contributed by atoms with Crippen molar-refractivity contribution in [2.75, 3.05) is 6.61 Å². The number of carboxylic acids is 2. The molecule has 10 heteroatoms. The molecule has 0 aliphatic carbocycles. The summed E-state index contributed by atoms with van der Waals surface area (Å²) in [5, 5.41) is 25.3. The topological polar surface area (TPSA) is 157 Å². The Morgan fingerprint density at radius 2 is 1.45 bits per heavy atom. The summed E-state index contributed by atoms with van der Waals surface area (Å²) in [6, 6.07) is 0. The maximum absolute atomic E-state index is 11.2. The van der Waals surface area contributed by atoms with Crippen LogP contribution >= 0.6 is 0 Å². The molecule has 0 aliphatic rings. The molecule has 10 nitrogen and oxygen atoms in total. The molecule has 0 aromatic heterocycles. The molecule has 0 radical (unpaired) electrons. The molecule has 22 heavy (non-hydrogen) atoms. The molecule has 0 fully saturated rings. The first-order valence-corrected chi connectivity index (χ1v) is 5.86. The largest absolute Gasteiger partial charge is 0.478 e. The molecular formula is C12H14O10. The molecule has 1 atom stereocenters. The van der Waals surface area contributed by atoms with Crippen LogP contribution < -0.4 is 0 Å². The number of ether oxygens (including phenoxy) is 1. The lowest BCUT2D eigenvalue weighted by molar-refractivity contribution is -0.341. The van der Waals surface area contributed by atoms with E-state index in [0.29, 0.717) is 24.3 Å². The third-order valence-corrected chi connectivity index (χ3v) is 1.81. The summed E-state index contributed by atoms with van der Waals surface area (Å²) in [5.41, 5.74) is 0. The van der Waals surface area contributed by atoms with Gasteiger partial charge in [-0.15, -0.1) is 4.89 Å². The number of aliphatic carboxylic acids is 2. The van der Waals surface area contributed by atoms with Crippen molar-refractivity contribution in [3.63, 3.8) is 0 Å². The Balaban J connectivity index is 4.44. The number of aliphatic hydroxyl groups excluding tert-OH is 1. The molecule has 0 aliphatic heterocycles. The van der Waals surface area contributed by atoms with Crippen LogP contribution in [-0.2, 0) is 33.7 Å². The highest BCUT2D eigenvalue weighted by molar-refractivity contribution is 5.91. The van der Waals surface area contributed by atoms with E-state index in [4.69, 9.17) is 15.3 Å². The Morgan fingerprint density at radius 3 is 1.95 bits per heavy atom. The molecule has 0 spiro atoms. The van der Waals surface area contributed by atoms with Gasteiger partial charge in [-0.2, -0.15) is 0 Å². The molecule has 0 saturated heterocycles. The fourth-order valence-corrected chi connectivity index (χ4v) is 0.961. The highest BCUT2D eigenvalue weighted by Crippen LogP contribution is 2.06. The number of hydrogen-bond acceptors (Lipinski definition) is 8. The SMILES string of the molecule is O=C(O)/C=C\C(=O)OOC(CCCO)OC(=O)/C=C\C(=O)O. The first-order valence-electron chi connectivity index (χ1n) is 5.86. The Bertz CT molecular complexity index is 465. The lowest BCUT2D eigenvalue weighted by Crippen LogP contribution is -2.22. The predicted octanol–water partition coefficient (Wildman–Crippen LogP) is -0.615. The second-order valence-electron chi connectivity index (χ2n) is 3.57. The minimum atomic E-state index is -1.39.